The maximum Gasteiger partial charge on any atom is 0.258 e. The molecule has 2 aromatic heterocycles. The number of amides is 1. The molecule has 160 valence electrons. The summed E-state index contributed by atoms with van der Waals surface area (Å²) in [5.74, 6) is 0.0243. The van der Waals surface area contributed by atoms with Crippen molar-refractivity contribution < 1.29 is 4.79 Å². The molecule has 1 fully saturated rings. The molecule has 0 bridgehead atoms. The van der Waals surface area contributed by atoms with Gasteiger partial charge in [0.15, 0.2) is 0 Å². The maximum atomic E-state index is 12.9. The van der Waals surface area contributed by atoms with Gasteiger partial charge in [-0.15, -0.1) is 0 Å². The normalized spacial score (nSPS) is 17.0. The number of aromatic nitrogens is 2. The Balaban J connectivity index is 1.10. The van der Waals surface area contributed by atoms with E-state index in [2.05, 4.69) is 31.7 Å². The van der Waals surface area contributed by atoms with Crippen molar-refractivity contribution in [3.8, 4) is 0 Å². The number of nitrogens with two attached hydrogens (primary N) is 1. The van der Waals surface area contributed by atoms with Crippen LogP contribution in [-0.4, -0.2) is 45.9 Å². The Labute approximate surface area is 186 Å². The van der Waals surface area contributed by atoms with E-state index in [-0.39, 0.29) is 11.9 Å². The van der Waals surface area contributed by atoms with E-state index >= 15 is 0 Å². The molecule has 0 atom stereocenters. The van der Waals surface area contributed by atoms with Gasteiger partial charge >= 0.3 is 0 Å². The molecule has 5 rings (SSSR count). The molecule has 6 nitrogen and oxygen atoms in total. The highest BCUT2D eigenvalue weighted by Gasteiger charge is 2.24. The summed E-state index contributed by atoms with van der Waals surface area (Å²) >= 11 is 1.51. The number of nitrogen functional groups attached to an aromatic ring is 1. The van der Waals surface area contributed by atoms with Crippen LogP contribution in [0.2, 0.25) is 0 Å². The Morgan fingerprint density at radius 3 is 2.77 bits per heavy atom. The molecule has 0 saturated carbocycles. The lowest BCUT2D eigenvalue weighted by atomic mass is 10.0. The Morgan fingerprint density at radius 1 is 1.16 bits per heavy atom. The Kier molecular flexibility index (Phi) is 5.70. The summed E-state index contributed by atoms with van der Waals surface area (Å²) in [4.78, 5) is 20.6. The standard InChI is InChI=1S/C24H27N5OS/c25-18-8-6-17(7-9-18)3-2-12-28-13-10-19(11-14-28)27-24(30)21-15-20-16-26-22-4-1-5-23(31-21)29(20)22/h1,4-9,15-16,19H,2-3,10-14,25H2,(H,27,30). The van der Waals surface area contributed by atoms with E-state index in [1.807, 2.05) is 42.6 Å². The first kappa shape index (κ1) is 20.2. The lowest BCUT2D eigenvalue weighted by Crippen LogP contribution is -2.45. The van der Waals surface area contributed by atoms with Gasteiger partial charge in [0.25, 0.3) is 5.91 Å². The van der Waals surface area contributed by atoms with Gasteiger partial charge in [0.2, 0.25) is 0 Å². The van der Waals surface area contributed by atoms with Crippen molar-refractivity contribution >= 4 is 35.1 Å². The van der Waals surface area contributed by atoms with Crippen LogP contribution in [0.3, 0.4) is 0 Å². The van der Waals surface area contributed by atoms with Crippen LogP contribution in [0.15, 0.2) is 58.6 Å². The topological polar surface area (TPSA) is 75.7 Å². The number of nitrogens with one attached hydrogen (secondary N) is 1. The highest BCUT2D eigenvalue weighted by molar-refractivity contribution is 8.04. The van der Waals surface area contributed by atoms with Crippen LogP contribution in [0.1, 0.15) is 30.5 Å². The van der Waals surface area contributed by atoms with Crippen LogP contribution < -0.4 is 11.1 Å². The van der Waals surface area contributed by atoms with E-state index in [0.717, 1.165) is 72.3 Å². The van der Waals surface area contributed by atoms with Gasteiger partial charge in [0.1, 0.15) is 5.65 Å². The Hall–Kier alpha value is -2.77. The van der Waals surface area contributed by atoms with Crippen molar-refractivity contribution in [1.29, 1.82) is 0 Å². The zero-order chi connectivity index (χ0) is 21.2. The number of benzene rings is 1. The molecule has 0 radical (unpaired) electrons. The molecule has 7 heteroatoms. The molecule has 3 aromatic rings. The van der Waals surface area contributed by atoms with E-state index in [9.17, 15) is 4.79 Å². The number of likely N-dealkylation sites (tertiary alicyclic amines) is 1. The number of hydrogen-bond acceptors (Lipinski definition) is 5. The molecule has 1 amide bonds. The second kappa shape index (κ2) is 8.77. The van der Waals surface area contributed by atoms with E-state index in [4.69, 9.17) is 5.73 Å². The number of carbonyl (C=O) groups excluding carboxylic acids is 1. The number of aryl methyl sites for hydroxylation is 1. The predicted octanol–water partition coefficient (Wildman–Crippen LogP) is 3.58. The van der Waals surface area contributed by atoms with Crippen LogP contribution in [0.25, 0.3) is 11.7 Å². The fourth-order valence-electron chi connectivity index (χ4n) is 4.35. The van der Waals surface area contributed by atoms with Crippen LogP contribution in [0, 0.1) is 0 Å². The number of thioether (sulfide) groups is 1. The van der Waals surface area contributed by atoms with Crippen molar-refractivity contribution in [2.45, 2.75) is 36.8 Å². The number of imidazole rings is 1. The maximum absolute atomic E-state index is 12.9. The van der Waals surface area contributed by atoms with Crippen molar-refractivity contribution in [1.82, 2.24) is 19.6 Å². The Morgan fingerprint density at radius 2 is 1.97 bits per heavy atom. The van der Waals surface area contributed by atoms with Gasteiger partial charge in [-0.3, -0.25) is 9.20 Å². The first-order chi connectivity index (χ1) is 15.2. The number of carbonyl (C=O) groups is 1. The molecule has 1 aromatic carbocycles. The van der Waals surface area contributed by atoms with Crippen LogP contribution in [-0.2, 0) is 11.2 Å². The van der Waals surface area contributed by atoms with Gasteiger partial charge in [-0.2, -0.15) is 0 Å². The minimum Gasteiger partial charge on any atom is -0.399 e. The summed E-state index contributed by atoms with van der Waals surface area (Å²) in [6, 6.07) is 14.4. The summed E-state index contributed by atoms with van der Waals surface area (Å²) < 4.78 is 2.09. The molecule has 2 aliphatic heterocycles. The van der Waals surface area contributed by atoms with E-state index in [1.54, 1.807) is 0 Å². The van der Waals surface area contributed by atoms with Gasteiger partial charge in [0, 0.05) is 24.8 Å². The van der Waals surface area contributed by atoms with Gasteiger partial charge < -0.3 is 16.0 Å². The summed E-state index contributed by atoms with van der Waals surface area (Å²) in [6.45, 7) is 3.16. The second-order valence-electron chi connectivity index (χ2n) is 8.29. The molecule has 3 N–H and O–H groups in total. The smallest absolute Gasteiger partial charge is 0.258 e. The van der Waals surface area contributed by atoms with E-state index in [1.165, 1.54) is 17.3 Å². The molecule has 2 aliphatic rings. The molecule has 0 aliphatic carbocycles. The molecular weight excluding hydrogens is 406 g/mol. The number of nitrogens with zero attached hydrogens (tertiary/aromatic N) is 3. The quantitative estimate of drug-likeness (QED) is 0.581. The monoisotopic (exact) mass is 433 g/mol. The third-order valence-corrected chi connectivity index (χ3v) is 7.13. The lowest BCUT2D eigenvalue weighted by molar-refractivity contribution is -0.117. The average Bonchev–Trinajstić information content (AvgIpc) is 3.21. The molecule has 0 spiro atoms. The molecule has 1 saturated heterocycles. The number of rotatable bonds is 6. The zero-order valence-electron chi connectivity index (χ0n) is 17.5. The minimum absolute atomic E-state index is 0.0243. The van der Waals surface area contributed by atoms with Gasteiger partial charge in [-0.25, -0.2) is 4.98 Å². The molecule has 4 heterocycles. The van der Waals surface area contributed by atoms with Crippen LogP contribution in [0.5, 0.6) is 0 Å². The molecule has 31 heavy (non-hydrogen) atoms. The SMILES string of the molecule is Nc1ccc(CCCN2CCC(NC(=O)C3=Cc4cnc5cccc(n45)S3)CC2)cc1. The number of piperidine rings is 1. The highest BCUT2D eigenvalue weighted by Crippen LogP contribution is 2.34. The summed E-state index contributed by atoms with van der Waals surface area (Å²) in [5.41, 5.74) is 9.79. The van der Waals surface area contributed by atoms with Crippen molar-refractivity contribution in [2.75, 3.05) is 25.4 Å². The third-order valence-electron chi connectivity index (χ3n) is 6.08. The number of pyridine rings is 1. The Bertz CT molecular complexity index is 1110. The van der Waals surface area contributed by atoms with Crippen molar-refractivity contribution in [2.24, 2.45) is 0 Å². The summed E-state index contributed by atoms with van der Waals surface area (Å²) in [5, 5.41) is 4.29. The number of anilines is 1. The van der Waals surface area contributed by atoms with Gasteiger partial charge in [0.05, 0.1) is 21.8 Å². The van der Waals surface area contributed by atoms with Crippen LogP contribution in [0.4, 0.5) is 5.69 Å². The fourth-order valence-corrected chi connectivity index (χ4v) is 5.34. The lowest BCUT2D eigenvalue weighted by Gasteiger charge is -2.32. The van der Waals surface area contributed by atoms with E-state index in [0.29, 0.717) is 0 Å². The third kappa shape index (κ3) is 4.48. The second-order valence-corrected chi connectivity index (χ2v) is 9.35. The van der Waals surface area contributed by atoms with Crippen LogP contribution >= 0.6 is 11.8 Å². The average molecular weight is 434 g/mol. The minimum atomic E-state index is 0.0243. The first-order valence-electron chi connectivity index (χ1n) is 10.9. The number of hydrogen-bond donors (Lipinski definition) is 2. The van der Waals surface area contributed by atoms with E-state index < -0.39 is 0 Å². The largest absolute Gasteiger partial charge is 0.399 e. The fraction of sp³-hybridized carbons (Fsp3) is 0.333. The van der Waals surface area contributed by atoms with Gasteiger partial charge in [-0.05, 0) is 68.1 Å². The summed E-state index contributed by atoms with van der Waals surface area (Å²) in [6.07, 6.45) is 7.99. The van der Waals surface area contributed by atoms with Crippen molar-refractivity contribution in [3.05, 3.63) is 64.8 Å². The van der Waals surface area contributed by atoms with Crippen molar-refractivity contribution in [3.63, 3.8) is 0 Å². The highest BCUT2D eigenvalue weighted by atomic mass is 32.2. The molecule has 0 unspecified atom stereocenters. The molecular formula is C24H27N5OS. The predicted molar refractivity (Wildman–Crippen MR) is 126 cm³/mol. The zero-order valence-corrected chi connectivity index (χ0v) is 18.3. The van der Waals surface area contributed by atoms with Gasteiger partial charge in [-0.1, -0.05) is 30.0 Å². The first-order valence-corrected chi connectivity index (χ1v) is 11.7. The summed E-state index contributed by atoms with van der Waals surface area (Å²) in [7, 11) is 0.